The molecule has 8 nitrogen and oxygen atoms in total. The molecule has 0 aromatic heterocycles. The Morgan fingerprint density at radius 1 is 1.10 bits per heavy atom. The van der Waals surface area contributed by atoms with Gasteiger partial charge in [0.05, 0.1) is 19.6 Å². The van der Waals surface area contributed by atoms with E-state index in [1.165, 1.54) is 0 Å². The minimum Gasteiger partial charge on any atom is -0.353 e. The molecule has 9 heteroatoms. The number of rotatable bonds is 7. The molecule has 30 heavy (non-hydrogen) atoms. The average molecular weight is 530 g/mol. The maximum absolute atomic E-state index is 12.0. The number of piperazine rings is 1. The quantitative estimate of drug-likeness (QED) is 0.312. The van der Waals surface area contributed by atoms with Crippen LogP contribution in [0.2, 0.25) is 0 Å². The Labute approximate surface area is 197 Å². The number of nitrogens with one attached hydrogen (secondary N) is 2. The van der Waals surface area contributed by atoms with Crippen LogP contribution in [0.1, 0.15) is 19.4 Å². The molecular weight excluding hydrogens is 495 g/mol. The van der Waals surface area contributed by atoms with Gasteiger partial charge < -0.3 is 20.4 Å². The van der Waals surface area contributed by atoms with E-state index in [1.54, 1.807) is 19.0 Å². The molecule has 1 heterocycles. The number of halogens is 1. The highest BCUT2D eigenvalue weighted by Crippen LogP contribution is 2.05. The van der Waals surface area contributed by atoms with Gasteiger partial charge in [0.25, 0.3) is 0 Å². The standard InChI is InChI=1S/C21H34N6O2.HI/c1-17(2)24-19(28)16-26-10-12-27(13-11-26)21(23-15-20(29)25(3)4)22-14-18-8-6-5-7-9-18;/h5-9,17H,10-16H2,1-4H3,(H,22,23)(H,24,28);1H. The van der Waals surface area contributed by atoms with Gasteiger partial charge in [0, 0.05) is 46.3 Å². The number of nitrogens with zero attached hydrogens (tertiary/aromatic N) is 4. The van der Waals surface area contributed by atoms with Crippen LogP contribution in [0.25, 0.3) is 0 Å². The predicted molar refractivity (Wildman–Crippen MR) is 131 cm³/mol. The lowest BCUT2D eigenvalue weighted by atomic mass is 10.2. The predicted octanol–water partition coefficient (Wildman–Crippen LogP) is 0.981. The van der Waals surface area contributed by atoms with Gasteiger partial charge in [-0.15, -0.1) is 24.0 Å². The Kier molecular flexibility index (Phi) is 11.7. The average Bonchev–Trinajstić information content (AvgIpc) is 2.68. The fourth-order valence-corrected chi connectivity index (χ4v) is 3.02. The molecule has 2 rings (SSSR count). The monoisotopic (exact) mass is 530 g/mol. The van der Waals surface area contributed by atoms with Crippen molar-refractivity contribution in [1.82, 2.24) is 25.3 Å². The third-order valence-electron chi connectivity index (χ3n) is 4.64. The Morgan fingerprint density at radius 3 is 2.30 bits per heavy atom. The summed E-state index contributed by atoms with van der Waals surface area (Å²) >= 11 is 0. The van der Waals surface area contributed by atoms with Crippen LogP contribution in [0.4, 0.5) is 0 Å². The first-order valence-electron chi connectivity index (χ1n) is 10.1. The van der Waals surface area contributed by atoms with Crippen LogP contribution >= 0.6 is 24.0 Å². The van der Waals surface area contributed by atoms with Crippen molar-refractivity contribution >= 4 is 41.8 Å². The van der Waals surface area contributed by atoms with Crippen molar-refractivity contribution in [1.29, 1.82) is 0 Å². The Morgan fingerprint density at radius 2 is 1.73 bits per heavy atom. The maximum Gasteiger partial charge on any atom is 0.241 e. The molecular formula is C21H35IN6O2. The van der Waals surface area contributed by atoms with Crippen molar-refractivity contribution in [3.63, 3.8) is 0 Å². The second kappa shape index (κ2) is 13.4. The van der Waals surface area contributed by atoms with Gasteiger partial charge >= 0.3 is 0 Å². The second-order valence-corrected chi connectivity index (χ2v) is 7.75. The molecule has 1 aromatic carbocycles. The Bertz CT molecular complexity index is 688. The molecule has 1 aromatic rings. The molecule has 0 unspecified atom stereocenters. The number of amides is 2. The van der Waals surface area contributed by atoms with Gasteiger partial charge in [-0.25, -0.2) is 4.99 Å². The molecule has 0 atom stereocenters. The molecule has 1 fully saturated rings. The van der Waals surface area contributed by atoms with Gasteiger partial charge in [-0.3, -0.25) is 14.5 Å². The van der Waals surface area contributed by atoms with Gasteiger partial charge in [-0.05, 0) is 19.4 Å². The largest absolute Gasteiger partial charge is 0.353 e. The molecule has 1 saturated heterocycles. The molecule has 0 radical (unpaired) electrons. The summed E-state index contributed by atoms with van der Waals surface area (Å²) < 4.78 is 0. The number of benzene rings is 1. The molecule has 2 N–H and O–H groups in total. The van der Waals surface area contributed by atoms with Crippen LogP contribution in [0.3, 0.4) is 0 Å². The first-order chi connectivity index (χ1) is 13.8. The van der Waals surface area contributed by atoms with Gasteiger partial charge in [0.15, 0.2) is 5.96 Å². The number of hydrogen-bond acceptors (Lipinski definition) is 4. The number of hydrogen-bond donors (Lipinski definition) is 2. The first kappa shape index (κ1) is 26.2. The van der Waals surface area contributed by atoms with Crippen molar-refractivity contribution in [2.24, 2.45) is 4.99 Å². The molecule has 0 aliphatic carbocycles. The van der Waals surface area contributed by atoms with Crippen molar-refractivity contribution in [3.8, 4) is 0 Å². The van der Waals surface area contributed by atoms with Crippen LogP contribution < -0.4 is 10.6 Å². The topological polar surface area (TPSA) is 80.3 Å². The maximum atomic E-state index is 12.0. The summed E-state index contributed by atoms with van der Waals surface area (Å²) in [6.07, 6.45) is 0. The van der Waals surface area contributed by atoms with E-state index in [0.717, 1.165) is 37.7 Å². The van der Waals surface area contributed by atoms with E-state index in [0.29, 0.717) is 13.1 Å². The number of likely N-dealkylation sites (N-methyl/N-ethyl adjacent to an activating group) is 1. The SMILES string of the molecule is CC(C)NC(=O)CN1CCN(C(=NCc2ccccc2)NCC(=O)N(C)C)CC1.I. The van der Waals surface area contributed by atoms with E-state index in [2.05, 4.69) is 20.4 Å². The minimum absolute atomic E-state index is 0. The highest BCUT2D eigenvalue weighted by molar-refractivity contribution is 14.0. The first-order valence-corrected chi connectivity index (χ1v) is 10.1. The normalized spacial score (nSPS) is 14.8. The summed E-state index contributed by atoms with van der Waals surface area (Å²) in [4.78, 5) is 34.6. The molecule has 0 spiro atoms. The zero-order valence-electron chi connectivity index (χ0n) is 18.4. The lowest BCUT2D eigenvalue weighted by Crippen LogP contribution is -2.55. The van der Waals surface area contributed by atoms with Crippen LogP contribution in [0.15, 0.2) is 35.3 Å². The van der Waals surface area contributed by atoms with Crippen LogP contribution in [0, 0.1) is 0 Å². The van der Waals surface area contributed by atoms with Gasteiger partial charge in [0.2, 0.25) is 11.8 Å². The molecule has 0 saturated carbocycles. The number of aliphatic imine (C=N–C) groups is 1. The number of carbonyl (C=O) groups is 2. The van der Waals surface area contributed by atoms with Crippen LogP contribution in [0.5, 0.6) is 0 Å². The lowest BCUT2D eigenvalue weighted by molar-refractivity contribution is -0.127. The smallest absolute Gasteiger partial charge is 0.241 e. The zero-order chi connectivity index (χ0) is 21.2. The van der Waals surface area contributed by atoms with Crippen molar-refractivity contribution < 1.29 is 9.59 Å². The van der Waals surface area contributed by atoms with E-state index in [-0.39, 0.29) is 48.4 Å². The highest BCUT2D eigenvalue weighted by Gasteiger charge is 2.22. The molecule has 1 aliphatic rings. The third kappa shape index (κ3) is 9.29. The van der Waals surface area contributed by atoms with E-state index in [9.17, 15) is 9.59 Å². The van der Waals surface area contributed by atoms with Crippen LogP contribution in [-0.4, -0.2) is 91.9 Å². The van der Waals surface area contributed by atoms with E-state index in [4.69, 9.17) is 4.99 Å². The van der Waals surface area contributed by atoms with Gasteiger partial charge in [-0.1, -0.05) is 30.3 Å². The molecule has 1 aliphatic heterocycles. The summed E-state index contributed by atoms with van der Waals surface area (Å²) in [5.74, 6) is 0.790. The summed E-state index contributed by atoms with van der Waals surface area (Å²) in [6.45, 7) is 8.16. The molecule has 0 bridgehead atoms. The number of carbonyl (C=O) groups excluding carboxylic acids is 2. The fraction of sp³-hybridized carbons (Fsp3) is 0.571. The summed E-state index contributed by atoms with van der Waals surface area (Å²) in [5.41, 5.74) is 1.12. The third-order valence-corrected chi connectivity index (χ3v) is 4.64. The fourth-order valence-electron chi connectivity index (χ4n) is 3.02. The van der Waals surface area contributed by atoms with Crippen molar-refractivity contribution in [2.45, 2.75) is 26.4 Å². The van der Waals surface area contributed by atoms with E-state index < -0.39 is 0 Å². The molecule has 168 valence electrons. The van der Waals surface area contributed by atoms with Crippen LogP contribution in [-0.2, 0) is 16.1 Å². The molecule has 2 amide bonds. The number of guanidine groups is 1. The zero-order valence-corrected chi connectivity index (χ0v) is 20.8. The highest BCUT2D eigenvalue weighted by atomic mass is 127. The van der Waals surface area contributed by atoms with Crippen molar-refractivity contribution in [2.75, 3.05) is 53.4 Å². The summed E-state index contributed by atoms with van der Waals surface area (Å²) in [6, 6.07) is 10.2. The van der Waals surface area contributed by atoms with E-state index >= 15 is 0 Å². The lowest BCUT2D eigenvalue weighted by Gasteiger charge is -2.36. The Balaban J connectivity index is 0.00000450. The summed E-state index contributed by atoms with van der Waals surface area (Å²) in [5, 5.41) is 6.14. The minimum atomic E-state index is 0. The Hall–Kier alpha value is -1.88. The van der Waals surface area contributed by atoms with Crippen molar-refractivity contribution in [3.05, 3.63) is 35.9 Å². The van der Waals surface area contributed by atoms with Gasteiger partial charge in [0.1, 0.15) is 0 Å². The van der Waals surface area contributed by atoms with E-state index in [1.807, 2.05) is 44.2 Å². The van der Waals surface area contributed by atoms with Gasteiger partial charge in [-0.2, -0.15) is 0 Å². The summed E-state index contributed by atoms with van der Waals surface area (Å²) in [7, 11) is 3.48. The second-order valence-electron chi connectivity index (χ2n) is 7.75.